The number of rotatable bonds is 6. The molecule has 24 heavy (non-hydrogen) atoms. The predicted octanol–water partition coefficient (Wildman–Crippen LogP) is 2.34. The van der Waals surface area contributed by atoms with Crippen molar-refractivity contribution >= 4 is 5.91 Å². The first-order valence-corrected chi connectivity index (χ1v) is 9.93. The van der Waals surface area contributed by atoms with E-state index in [-0.39, 0.29) is 5.91 Å². The summed E-state index contributed by atoms with van der Waals surface area (Å²) in [5, 5.41) is 3.22. The van der Waals surface area contributed by atoms with Gasteiger partial charge in [-0.05, 0) is 57.3 Å². The van der Waals surface area contributed by atoms with Crippen LogP contribution in [0.15, 0.2) is 0 Å². The summed E-state index contributed by atoms with van der Waals surface area (Å²) in [4.78, 5) is 15.0. The molecule has 0 aromatic carbocycles. The molecule has 5 heteroatoms. The van der Waals surface area contributed by atoms with Gasteiger partial charge in [-0.2, -0.15) is 0 Å². The van der Waals surface area contributed by atoms with E-state index in [1.165, 1.54) is 25.7 Å². The quantitative estimate of drug-likeness (QED) is 0.808. The number of nitrogens with zero attached hydrogens (tertiary/aromatic N) is 1. The second kappa shape index (κ2) is 9.16. The van der Waals surface area contributed by atoms with Gasteiger partial charge in [-0.15, -0.1) is 0 Å². The minimum absolute atomic E-state index is 0.179. The Morgan fingerprint density at radius 2 is 1.79 bits per heavy atom. The van der Waals surface area contributed by atoms with Crippen LogP contribution in [0.3, 0.4) is 0 Å². The highest BCUT2D eigenvalue weighted by Gasteiger charge is 2.29. The SMILES string of the molecule is CC1CCC(N(CC(=O)NC2CCOCC2)C[C@H]2CCCO2)CC1. The van der Waals surface area contributed by atoms with E-state index in [1.54, 1.807) is 0 Å². The minimum atomic E-state index is 0.179. The fourth-order valence-electron chi connectivity index (χ4n) is 4.30. The molecule has 0 radical (unpaired) electrons. The minimum Gasteiger partial charge on any atom is -0.381 e. The smallest absolute Gasteiger partial charge is 0.234 e. The van der Waals surface area contributed by atoms with Crippen molar-refractivity contribution in [3.8, 4) is 0 Å². The van der Waals surface area contributed by atoms with Crippen molar-refractivity contribution < 1.29 is 14.3 Å². The fraction of sp³-hybridized carbons (Fsp3) is 0.947. The first kappa shape index (κ1) is 18.2. The zero-order valence-corrected chi connectivity index (χ0v) is 15.2. The fourth-order valence-corrected chi connectivity index (χ4v) is 4.30. The van der Waals surface area contributed by atoms with Crippen LogP contribution >= 0.6 is 0 Å². The van der Waals surface area contributed by atoms with Gasteiger partial charge in [0.15, 0.2) is 0 Å². The molecule has 0 bridgehead atoms. The largest absolute Gasteiger partial charge is 0.381 e. The summed E-state index contributed by atoms with van der Waals surface area (Å²) in [7, 11) is 0. The van der Waals surface area contributed by atoms with Gasteiger partial charge in [0.25, 0.3) is 0 Å². The van der Waals surface area contributed by atoms with E-state index in [4.69, 9.17) is 9.47 Å². The third-order valence-corrected chi connectivity index (χ3v) is 5.90. The average molecular weight is 338 g/mol. The Kier molecular flexibility index (Phi) is 6.93. The monoisotopic (exact) mass is 338 g/mol. The molecule has 2 heterocycles. The molecule has 0 spiro atoms. The maximum Gasteiger partial charge on any atom is 0.234 e. The molecule has 3 aliphatic rings. The van der Waals surface area contributed by atoms with Crippen LogP contribution in [0.25, 0.3) is 0 Å². The van der Waals surface area contributed by atoms with Crippen LogP contribution in [-0.4, -0.2) is 61.9 Å². The lowest BCUT2D eigenvalue weighted by Crippen LogP contribution is -2.49. The Morgan fingerprint density at radius 3 is 2.46 bits per heavy atom. The summed E-state index contributed by atoms with van der Waals surface area (Å²) in [6, 6.07) is 0.841. The van der Waals surface area contributed by atoms with E-state index in [1.807, 2.05) is 0 Å². The molecule has 1 N–H and O–H groups in total. The average Bonchev–Trinajstić information content (AvgIpc) is 3.09. The molecule has 2 saturated heterocycles. The third kappa shape index (κ3) is 5.43. The second-order valence-corrected chi connectivity index (χ2v) is 7.93. The molecule has 1 saturated carbocycles. The summed E-state index contributed by atoms with van der Waals surface area (Å²) < 4.78 is 11.2. The van der Waals surface area contributed by atoms with E-state index >= 15 is 0 Å². The zero-order valence-electron chi connectivity index (χ0n) is 15.2. The summed E-state index contributed by atoms with van der Waals surface area (Å²) in [6.45, 7) is 6.21. The molecule has 1 aliphatic carbocycles. The van der Waals surface area contributed by atoms with E-state index < -0.39 is 0 Å². The Bertz CT molecular complexity index is 384. The summed E-state index contributed by atoms with van der Waals surface area (Å²) in [5.74, 6) is 1.01. The first-order chi connectivity index (χ1) is 11.7. The lowest BCUT2D eigenvalue weighted by molar-refractivity contribution is -0.124. The molecule has 0 aromatic heterocycles. The molecule has 3 rings (SSSR count). The van der Waals surface area contributed by atoms with E-state index in [0.717, 1.165) is 58.0 Å². The van der Waals surface area contributed by atoms with Gasteiger partial charge in [0.05, 0.1) is 12.6 Å². The van der Waals surface area contributed by atoms with Crippen molar-refractivity contribution in [2.45, 2.75) is 76.5 Å². The molecule has 2 aliphatic heterocycles. The summed E-state index contributed by atoms with van der Waals surface area (Å²) in [5.41, 5.74) is 0. The van der Waals surface area contributed by atoms with Crippen LogP contribution in [0.4, 0.5) is 0 Å². The lowest BCUT2D eigenvalue weighted by atomic mass is 9.86. The molecule has 0 aromatic rings. The number of carbonyl (C=O) groups excluding carboxylic acids is 1. The van der Waals surface area contributed by atoms with Crippen molar-refractivity contribution in [2.75, 3.05) is 32.9 Å². The van der Waals surface area contributed by atoms with Gasteiger partial charge in [0.1, 0.15) is 0 Å². The van der Waals surface area contributed by atoms with Gasteiger partial charge in [-0.25, -0.2) is 0 Å². The van der Waals surface area contributed by atoms with Gasteiger partial charge in [-0.1, -0.05) is 6.92 Å². The number of carbonyl (C=O) groups is 1. The van der Waals surface area contributed by atoms with Crippen LogP contribution in [-0.2, 0) is 14.3 Å². The van der Waals surface area contributed by atoms with Gasteiger partial charge in [-0.3, -0.25) is 9.69 Å². The number of amides is 1. The van der Waals surface area contributed by atoms with E-state index in [0.29, 0.717) is 24.7 Å². The van der Waals surface area contributed by atoms with Crippen LogP contribution < -0.4 is 5.32 Å². The Hall–Kier alpha value is -0.650. The van der Waals surface area contributed by atoms with E-state index in [9.17, 15) is 4.79 Å². The van der Waals surface area contributed by atoms with Gasteiger partial charge in [0.2, 0.25) is 5.91 Å². The van der Waals surface area contributed by atoms with Crippen molar-refractivity contribution in [1.29, 1.82) is 0 Å². The second-order valence-electron chi connectivity index (χ2n) is 7.93. The highest BCUT2D eigenvalue weighted by atomic mass is 16.5. The third-order valence-electron chi connectivity index (χ3n) is 5.90. The number of ether oxygens (including phenoxy) is 2. The van der Waals surface area contributed by atoms with Crippen molar-refractivity contribution in [3.63, 3.8) is 0 Å². The van der Waals surface area contributed by atoms with Crippen LogP contribution in [0, 0.1) is 5.92 Å². The number of hydrogen-bond donors (Lipinski definition) is 1. The molecule has 0 unspecified atom stereocenters. The first-order valence-electron chi connectivity index (χ1n) is 9.93. The maximum absolute atomic E-state index is 12.6. The molecule has 1 atom stereocenters. The normalized spacial score (nSPS) is 32.2. The zero-order chi connectivity index (χ0) is 16.8. The lowest BCUT2D eigenvalue weighted by Gasteiger charge is -2.37. The standard InChI is InChI=1S/C19H34N2O3/c1-15-4-6-17(7-5-15)21(13-18-3-2-10-24-18)14-19(22)20-16-8-11-23-12-9-16/h15-18H,2-14H2,1H3,(H,20,22)/t15?,17?,18-/m1/s1. The van der Waals surface area contributed by atoms with Crippen LogP contribution in [0.1, 0.15) is 58.3 Å². The molecular weight excluding hydrogens is 304 g/mol. The number of nitrogens with one attached hydrogen (secondary N) is 1. The van der Waals surface area contributed by atoms with Crippen molar-refractivity contribution in [2.24, 2.45) is 5.92 Å². The predicted molar refractivity (Wildman–Crippen MR) is 94.0 cm³/mol. The maximum atomic E-state index is 12.6. The van der Waals surface area contributed by atoms with Crippen molar-refractivity contribution in [3.05, 3.63) is 0 Å². The number of hydrogen-bond acceptors (Lipinski definition) is 4. The Morgan fingerprint density at radius 1 is 1.04 bits per heavy atom. The van der Waals surface area contributed by atoms with Gasteiger partial charge in [0, 0.05) is 38.4 Å². The topological polar surface area (TPSA) is 50.8 Å². The summed E-state index contributed by atoms with van der Waals surface area (Å²) in [6.07, 6.45) is 9.52. The molecule has 5 nitrogen and oxygen atoms in total. The summed E-state index contributed by atoms with van der Waals surface area (Å²) >= 11 is 0. The molecule has 138 valence electrons. The Labute approximate surface area is 146 Å². The molecular formula is C19H34N2O3. The highest BCUT2D eigenvalue weighted by molar-refractivity contribution is 5.78. The van der Waals surface area contributed by atoms with Crippen LogP contribution in [0.2, 0.25) is 0 Å². The Balaban J connectivity index is 1.52. The highest BCUT2D eigenvalue weighted by Crippen LogP contribution is 2.28. The molecule has 3 fully saturated rings. The van der Waals surface area contributed by atoms with Gasteiger partial charge < -0.3 is 14.8 Å². The van der Waals surface area contributed by atoms with E-state index in [2.05, 4.69) is 17.1 Å². The van der Waals surface area contributed by atoms with Gasteiger partial charge >= 0.3 is 0 Å². The van der Waals surface area contributed by atoms with Crippen LogP contribution in [0.5, 0.6) is 0 Å². The molecule has 1 amide bonds. The van der Waals surface area contributed by atoms with Crippen molar-refractivity contribution in [1.82, 2.24) is 10.2 Å².